The van der Waals surface area contributed by atoms with Gasteiger partial charge in [-0.2, -0.15) is 4.31 Å². The van der Waals surface area contributed by atoms with E-state index < -0.39 is 32.5 Å². The number of benzene rings is 2. The van der Waals surface area contributed by atoms with Crippen molar-refractivity contribution in [3.63, 3.8) is 0 Å². The molecule has 1 aromatic heterocycles. The summed E-state index contributed by atoms with van der Waals surface area (Å²) in [5, 5.41) is 0.612. The van der Waals surface area contributed by atoms with Crippen LogP contribution in [0.15, 0.2) is 35.2 Å². The van der Waals surface area contributed by atoms with E-state index >= 15 is 0 Å². The fourth-order valence-electron chi connectivity index (χ4n) is 4.96. The van der Waals surface area contributed by atoms with Crippen LogP contribution < -0.4 is 4.90 Å². The molecule has 1 unspecified atom stereocenters. The smallest absolute Gasteiger partial charge is 0.246 e. The standard InChI is InChI=1S/C26H29F2N3O4S2/c1-16-5-8-22-24(17(16)2)29-26(36-22)31(15-20-4-3-13-35-20)25(32)18-9-11-30(12-10-18)37(33,34)23-14-19(27)6-7-21(23)28/h5-8,14,18,20H,3-4,9-13,15H2,1-2H3. The van der Waals surface area contributed by atoms with Crippen LogP contribution in [0, 0.1) is 31.4 Å². The first-order chi connectivity index (χ1) is 17.6. The monoisotopic (exact) mass is 549 g/mol. The number of aryl methyl sites for hydroxylation is 2. The molecule has 0 aliphatic carbocycles. The Kier molecular flexibility index (Phi) is 7.32. The van der Waals surface area contributed by atoms with Crippen LogP contribution in [0.3, 0.4) is 0 Å². The summed E-state index contributed by atoms with van der Waals surface area (Å²) in [6, 6.07) is 6.45. The van der Waals surface area contributed by atoms with E-state index in [1.165, 1.54) is 11.3 Å². The highest BCUT2D eigenvalue weighted by Gasteiger charge is 2.37. The Bertz CT molecular complexity index is 1430. The summed E-state index contributed by atoms with van der Waals surface area (Å²) in [6.45, 7) is 5.19. The lowest BCUT2D eigenvalue weighted by Gasteiger charge is -2.33. The van der Waals surface area contributed by atoms with Crippen LogP contribution in [-0.2, 0) is 19.6 Å². The van der Waals surface area contributed by atoms with Crippen molar-refractivity contribution in [2.24, 2.45) is 5.92 Å². The molecule has 1 atom stereocenters. The number of ether oxygens (including phenoxy) is 1. The zero-order chi connectivity index (χ0) is 26.3. The topological polar surface area (TPSA) is 79.8 Å². The van der Waals surface area contributed by atoms with Crippen molar-refractivity contribution in [3.05, 3.63) is 53.1 Å². The highest BCUT2D eigenvalue weighted by Crippen LogP contribution is 2.35. The number of hydrogen-bond acceptors (Lipinski definition) is 6. The number of halogens is 2. The molecule has 0 bridgehead atoms. The lowest BCUT2D eigenvalue weighted by molar-refractivity contribution is -0.123. The number of hydrogen-bond donors (Lipinski definition) is 0. The number of piperidine rings is 1. The van der Waals surface area contributed by atoms with Gasteiger partial charge in [-0.25, -0.2) is 22.2 Å². The third-order valence-electron chi connectivity index (χ3n) is 7.29. The zero-order valence-electron chi connectivity index (χ0n) is 20.7. The predicted octanol–water partition coefficient (Wildman–Crippen LogP) is 4.80. The second-order valence-electron chi connectivity index (χ2n) is 9.69. The average Bonchev–Trinajstić information content (AvgIpc) is 3.56. The zero-order valence-corrected chi connectivity index (χ0v) is 22.4. The fourth-order valence-corrected chi connectivity index (χ4v) is 7.55. The van der Waals surface area contributed by atoms with Gasteiger partial charge in [-0.15, -0.1) is 0 Å². The summed E-state index contributed by atoms with van der Waals surface area (Å²) in [5.74, 6) is -2.35. The van der Waals surface area contributed by atoms with Gasteiger partial charge in [0.1, 0.15) is 16.5 Å². The molecule has 2 aliphatic rings. The summed E-state index contributed by atoms with van der Waals surface area (Å²) in [7, 11) is -4.22. The number of amides is 1. The Hall–Kier alpha value is -2.47. The van der Waals surface area contributed by atoms with Gasteiger partial charge in [0.15, 0.2) is 5.13 Å². The molecule has 1 amide bonds. The van der Waals surface area contributed by atoms with Gasteiger partial charge in [-0.1, -0.05) is 17.4 Å². The van der Waals surface area contributed by atoms with E-state index in [1.54, 1.807) is 4.90 Å². The number of rotatable bonds is 6. The van der Waals surface area contributed by atoms with Gasteiger partial charge >= 0.3 is 0 Å². The van der Waals surface area contributed by atoms with Crippen molar-refractivity contribution >= 4 is 42.6 Å². The van der Waals surface area contributed by atoms with Gasteiger partial charge < -0.3 is 4.74 Å². The van der Waals surface area contributed by atoms with Gasteiger partial charge in [0, 0.05) is 25.6 Å². The van der Waals surface area contributed by atoms with Crippen molar-refractivity contribution in [1.82, 2.24) is 9.29 Å². The van der Waals surface area contributed by atoms with Gasteiger partial charge in [-0.05, 0) is 74.9 Å². The fraction of sp³-hybridized carbons (Fsp3) is 0.462. The third-order valence-corrected chi connectivity index (χ3v) is 10.3. The van der Waals surface area contributed by atoms with E-state index in [9.17, 15) is 22.0 Å². The molecule has 0 saturated carbocycles. The van der Waals surface area contributed by atoms with Crippen molar-refractivity contribution < 1.29 is 26.7 Å². The van der Waals surface area contributed by atoms with Gasteiger partial charge in [0.2, 0.25) is 15.9 Å². The second kappa shape index (κ2) is 10.4. The first-order valence-electron chi connectivity index (χ1n) is 12.4. The van der Waals surface area contributed by atoms with Gasteiger partial charge in [0.25, 0.3) is 0 Å². The van der Waals surface area contributed by atoms with Crippen LogP contribution in [0.4, 0.5) is 13.9 Å². The molecule has 2 aliphatic heterocycles. The maximum absolute atomic E-state index is 14.2. The molecule has 37 heavy (non-hydrogen) atoms. The number of sulfonamides is 1. The molecule has 11 heteroatoms. The minimum Gasteiger partial charge on any atom is -0.376 e. The number of nitrogens with zero attached hydrogens (tertiary/aromatic N) is 3. The van der Waals surface area contributed by atoms with Crippen LogP contribution in [0.25, 0.3) is 10.2 Å². The number of carbonyl (C=O) groups is 1. The molecule has 2 aromatic carbocycles. The summed E-state index contributed by atoms with van der Waals surface area (Å²) in [4.78, 5) is 19.6. The maximum Gasteiger partial charge on any atom is 0.246 e. The summed E-state index contributed by atoms with van der Waals surface area (Å²) in [6.07, 6.45) is 2.29. The highest BCUT2D eigenvalue weighted by atomic mass is 32.2. The van der Waals surface area contributed by atoms with Crippen molar-refractivity contribution in [1.29, 1.82) is 0 Å². The summed E-state index contributed by atoms with van der Waals surface area (Å²) < 4.78 is 61.8. The molecular weight excluding hydrogens is 520 g/mol. The Labute approximate surface area is 219 Å². The van der Waals surface area contributed by atoms with Crippen molar-refractivity contribution in [2.45, 2.75) is 50.5 Å². The molecule has 0 N–H and O–H groups in total. The molecule has 0 spiro atoms. The third kappa shape index (κ3) is 5.14. The van der Waals surface area contributed by atoms with Gasteiger partial charge in [-0.3, -0.25) is 9.69 Å². The minimum atomic E-state index is -4.22. The van der Waals surface area contributed by atoms with E-state index in [1.807, 2.05) is 26.0 Å². The largest absolute Gasteiger partial charge is 0.376 e. The first-order valence-corrected chi connectivity index (χ1v) is 14.7. The Morgan fingerprint density at radius 2 is 1.92 bits per heavy atom. The molecule has 5 rings (SSSR count). The second-order valence-corrected chi connectivity index (χ2v) is 12.6. The van der Waals surface area contributed by atoms with E-state index in [0.29, 0.717) is 24.3 Å². The lowest BCUT2D eigenvalue weighted by atomic mass is 9.96. The van der Waals surface area contributed by atoms with Crippen LogP contribution in [-0.4, -0.2) is 56.0 Å². The van der Waals surface area contributed by atoms with Crippen molar-refractivity contribution in [3.8, 4) is 0 Å². The molecule has 198 valence electrons. The number of fused-ring (bicyclic) bond motifs is 1. The van der Waals surface area contributed by atoms with E-state index in [-0.39, 0.29) is 37.9 Å². The average molecular weight is 550 g/mol. The van der Waals surface area contributed by atoms with Crippen LogP contribution in [0.1, 0.15) is 36.8 Å². The summed E-state index contributed by atoms with van der Waals surface area (Å²) in [5.41, 5.74) is 3.08. The van der Waals surface area contributed by atoms with Crippen molar-refractivity contribution in [2.75, 3.05) is 31.1 Å². The molecule has 3 aromatic rings. The van der Waals surface area contributed by atoms with E-state index in [2.05, 4.69) is 0 Å². The number of carbonyl (C=O) groups excluding carboxylic acids is 1. The minimum absolute atomic E-state index is 0.0423. The van der Waals surface area contributed by atoms with E-state index in [4.69, 9.17) is 9.72 Å². The molecule has 3 heterocycles. The highest BCUT2D eigenvalue weighted by molar-refractivity contribution is 7.89. The molecule has 0 radical (unpaired) electrons. The van der Waals surface area contributed by atoms with Crippen LogP contribution in [0.5, 0.6) is 0 Å². The predicted molar refractivity (Wildman–Crippen MR) is 138 cm³/mol. The number of aromatic nitrogens is 1. The maximum atomic E-state index is 14.2. The molecule has 2 saturated heterocycles. The molecule has 7 nitrogen and oxygen atoms in total. The Morgan fingerprint density at radius 3 is 2.62 bits per heavy atom. The molecular formula is C26H29F2N3O4S2. The quantitative estimate of drug-likeness (QED) is 0.441. The lowest BCUT2D eigenvalue weighted by Crippen LogP contribution is -2.46. The summed E-state index contributed by atoms with van der Waals surface area (Å²) >= 11 is 1.46. The van der Waals surface area contributed by atoms with Gasteiger partial charge in [0.05, 0.1) is 22.9 Å². The SMILES string of the molecule is Cc1ccc2sc(N(CC3CCCO3)C(=O)C3CCN(S(=O)(=O)c4cc(F)ccc4F)CC3)nc2c1C. The Morgan fingerprint density at radius 1 is 1.16 bits per heavy atom. The number of thiazole rings is 1. The van der Waals surface area contributed by atoms with Crippen LogP contribution in [0.2, 0.25) is 0 Å². The number of anilines is 1. The first kappa shape index (κ1) is 26.1. The normalized spacial score (nSPS) is 19.5. The van der Waals surface area contributed by atoms with Crippen LogP contribution >= 0.6 is 11.3 Å². The van der Waals surface area contributed by atoms with E-state index in [0.717, 1.165) is 50.6 Å². The Balaban J connectivity index is 1.36. The molecule has 2 fully saturated rings.